The number of carbonyl (C=O) groups excluding carboxylic acids is 1. The number of hydrogen-bond acceptors (Lipinski definition) is 4. The van der Waals surface area contributed by atoms with Gasteiger partial charge in [-0.1, -0.05) is 0 Å². The van der Waals surface area contributed by atoms with E-state index in [4.69, 9.17) is 14.2 Å². The zero-order valence-corrected chi connectivity index (χ0v) is 16.3. The summed E-state index contributed by atoms with van der Waals surface area (Å²) < 4.78 is 16.3. The van der Waals surface area contributed by atoms with Crippen molar-refractivity contribution < 1.29 is 19.0 Å². The van der Waals surface area contributed by atoms with Crippen LogP contribution in [-0.2, 0) is 17.6 Å². The number of hydrogen-bond donors (Lipinski definition) is 1. The fourth-order valence-electron chi connectivity index (χ4n) is 4.06. The van der Waals surface area contributed by atoms with Gasteiger partial charge in [-0.3, -0.25) is 4.79 Å². The molecule has 1 N–H and O–H groups in total. The second-order valence-electron chi connectivity index (χ2n) is 6.94. The molecule has 1 aromatic heterocycles. The van der Waals surface area contributed by atoms with Gasteiger partial charge in [-0.15, -0.1) is 0 Å². The summed E-state index contributed by atoms with van der Waals surface area (Å²) in [5.41, 5.74) is 4.50. The van der Waals surface area contributed by atoms with Crippen LogP contribution in [0.15, 0.2) is 36.5 Å². The van der Waals surface area contributed by atoms with Crippen LogP contribution in [0.4, 0.5) is 0 Å². The molecule has 0 bridgehead atoms. The largest absolute Gasteiger partial charge is 0.497 e. The van der Waals surface area contributed by atoms with Crippen LogP contribution in [0.25, 0.3) is 10.9 Å². The monoisotopic (exact) mass is 380 g/mol. The number of ether oxygens (including phenoxy) is 3. The average molecular weight is 380 g/mol. The molecule has 1 amide bonds. The van der Waals surface area contributed by atoms with Crippen LogP contribution in [-0.4, -0.2) is 44.2 Å². The zero-order valence-electron chi connectivity index (χ0n) is 16.3. The Morgan fingerprint density at radius 2 is 1.89 bits per heavy atom. The van der Waals surface area contributed by atoms with Crippen LogP contribution in [0.5, 0.6) is 17.2 Å². The third-order valence-corrected chi connectivity index (χ3v) is 5.57. The second-order valence-corrected chi connectivity index (χ2v) is 6.94. The summed E-state index contributed by atoms with van der Waals surface area (Å²) in [5.74, 6) is 2.21. The first-order chi connectivity index (χ1) is 13.7. The molecule has 0 spiro atoms. The zero-order chi connectivity index (χ0) is 19.7. The topological polar surface area (TPSA) is 63.8 Å². The minimum atomic E-state index is -0.0637. The normalized spacial score (nSPS) is 16.0. The highest BCUT2D eigenvalue weighted by Gasteiger charge is 2.29. The number of nitrogens with zero attached hydrogens (tertiary/aromatic N) is 1. The number of amides is 1. The molecule has 0 radical (unpaired) electrons. The van der Waals surface area contributed by atoms with Crippen LogP contribution in [0.3, 0.4) is 0 Å². The number of H-pyrrole nitrogens is 1. The van der Waals surface area contributed by atoms with Crippen molar-refractivity contribution in [2.45, 2.75) is 18.9 Å². The van der Waals surface area contributed by atoms with E-state index < -0.39 is 0 Å². The van der Waals surface area contributed by atoms with Crippen molar-refractivity contribution in [1.82, 2.24) is 9.88 Å². The number of benzene rings is 2. The predicted octanol–water partition coefficient (Wildman–Crippen LogP) is 3.49. The molecule has 1 aliphatic rings. The van der Waals surface area contributed by atoms with E-state index in [0.717, 1.165) is 46.4 Å². The third-order valence-electron chi connectivity index (χ3n) is 5.57. The van der Waals surface area contributed by atoms with Gasteiger partial charge in [-0.05, 0) is 59.9 Å². The molecule has 0 fully saturated rings. The predicted molar refractivity (Wildman–Crippen MR) is 107 cm³/mol. The molecule has 0 saturated heterocycles. The highest BCUT2D eigenvalue weighted by Crippen LogP contribution is 2.39. The molecule has 6 nitrogen and oxygen atoms in total. The van der Waals surface area contributed by atoms with Crippen molar-refractivity contribution in [2.24, 2.45) is 0 Å². The number of nitrogens with one attached hydrogen (secondary N) is 1. The first kappa shape index (κ1) is 18.2. The van der Waals surface area contributed by atoms with Gasteiger partial charge in [0.25, 0.3) is 0 Å². The maximum atomic E-state index is 11.8. The molecule has 3 aromatic rings. The van der Waals surface area contributed by atoms with Gasteiger partial charge in [0.15, 0.2) is 11.5 Å². The van der Waals surface area contributed by atoms with Crippen molar-refractivity contribution in [2.75, 3.05) is 27.9 Å². The van der Waals surface area contributed by atoms with E-state index in [-0.39, 0.29) is 6.04 Å². The summed E-state index contributed by atoms with van der Waals surface area (Å²) >= 11 is 0. The van der Waals surface area contributed by atoms with Gasteiger partial charge in [-0.2, -0.15) is 0 Å². The summed E-state index contributed by atoms with van der Waals surface area (Å²) in [6.45, 7) is 0.683. The van der Waals surface area contributed by atoms with Crippen LogP contribution >= 0.6 is 0 Å². The van der Waals surface area contributed by atoms with Gasteiger partial charge >= 0.3 is 0 Å². The number of aromatic nitrogens is 1. The number of methoxy groups -OCH3 is 3. The standard InChI is InChI=1S/C22H24N2O4/c1-26-16-4-5-19-17(10-16)15(12-23-19)8-20-18-11-22(28-3)21(27-2)9-14(18)6-7-24(20)13-25/h4-5,9-13,20,23H,6-8H2,1-3H3/t20-/m0/s1. The quantitative estimate of drug-likeness (QED) is 0.665. The maximum absolute atomic E-state index is 11.8. The number of fused-ring (bicyclic) bond motifs is 2. The molecule has 0 saturated carbocycles. The molecule has 4 rings (SSSR count). The molecule has 1 aliphatic heterocycles. The fourth-order valence-corrected chi connectivity index (χ4v) is 4.06. The molecule has 146 valence electrons. The Labute approximate surface area is 164 Å². The first-order valence-corrected chi connectivity index (χ1v) is 9.28. The van der Waals surface area contributed by atoms with E-state index in [1.807, 2.05) is 41.4 Å². The highest BCUT2D eigenvalue weighted by molar-refractivity contribution is 5.84. The number of rotatable bonds is 6. The molecular formula is C22H24N2O4. The summed E-state index contributed by atoms with van der Waals surface area (Å²) in [4.78, 5) is 17.0. The lowest BCUT2D eigenvalue weighted by atomic mass is 9.88. The minimum Gasteiger partial charge on any atom is -0.497 e. The van der Waals surface area contributed by atoms with E-state index in [1.54, 1.807) is 21.3 Å². The van der Waals surface area contributed by atoms with Crippen molar-refractivity contribution >= 4 is 17.3 Å². The van der Waals surface area contributed by atoms with Gasteiger partial charge in [0.2, 0.25) is 6.41 Å². The van der Waals surface area contributed by atoms with Gasteiger partial charge in [0.05, 0.1) is 27.4 Å². The summed E-state index contributed by atoms with van der Waals surface area (Å²) in [6.07, 6.45) is 4.46. The van der Waals surface area contributed by atoms with Crippen molar-refractivity contribution in [3.63, 3.8) is 0 Å². The van der Waals surface area contributed by atoms with Crippen molar-refractivity contribution in [1.29, 1.82) is 0 Å². The number of aromatic amines is 1. The van der Waals surface area contributed by atoms with Crippen LogP contribution in [0.1, 0.15) is 22.7 Å². The van der Waals surface area contributed by atoms with E-state index >= 15 is 0 Å². The van der Waals surface area contributed by atoms with Crippen LogP contribution in [0, 0.1) is 0 Å². The molecule has 6 heteroatoms. The van der Waals surface area contributed by atoms with E-state index in [9.17, 15) is 4.79 Å². The van der Waals surface area contributed by atoms with Crippen molar-refractivity contribution in [3.8, 4) is 17.2 Å². The number of carbonyl (C=O) groups is 1. The molecule has 2 heterocycles. The summed E-state index contributed by atoms with van der Waals surface area (Å²) in [6, 6.07) is 9.95. The van der Waals surface area contributed by atoms with Gasteiger partial charge in [0, 0.05) is 23.6 Å². The van der Waals surface area contributed by atoms with Crippen LogP contribution in [0.2, 0.25) is 0 Å². The second kappa shape index (κ2) is 7.46. The Morgan fingerprint density at radius 3 is 2.61 bits per heavy atom. The lowest BCUT2D eigenvalue weighted by Crippen LogP contribution is -2.35. The first-order valence-electron chi connectivity index (χ1n) is 9.28. The van der Waals surface area contributed by atoms with Gasteiger partial charge in [0.1, 0.15) is 5.75 Å². The Bertz CT molecular complexity index is 1010. The van der Waals surface area contributed by atoms with Gasteiger partial charge < -0.3 is 24.1 Å². The minimum absolute atomic E-state index is 0.0637. The lowest BCUT2D eigenvalue weighted by Gasteiger charge is -2.35. The molecular weight excluding hydrogens is 356 g/mol. The Balaban J connectivity index is 1.77. The van der Waals surface area contributed by atoms with E-state index in [2.05, 4.69) is 4.98 Å². The SMILES string of the molecule is COc1ccc2[nH]cc(C[C@H]3c4cc(OC)c(OC)cc4CCN3C=O)c2c1. The Morgan fingerprint density at radius 1 is 1.11 bits per heavy atom. The summed E-state index contributed by atoms with van der Waals surface area (Å²) in [5, 5.41) is 1.11. The average Bonchev–Trinajstić information content (AvgIpc) is 3.14. The Hall–Kier alpha value is -3.15. The molecule has 2 aromatic carbocycles. The van der Waals surface area contributed by atoms with E-state index in [0.29, 0.717) is 18.7 Å². The smallest absolute Gasteiger partial charge is 0.210 e. The lowest BCUT2D eigenvalue weighted by molar-refractivity contribution is -0.120. The molecule has 1 atom stereocenters. The fraction of sp³-hybridized carbons (Fsp3) is 0.318. The highest BCUT2D eigenvalue weighted by atomic mass is 16.5. The van der Waals surface area contributed by atoms with E-state index in [1.165, 1.54) is 5.56 Å². The maximum Gasteiger partial charge on any atom is 0.210 e. The third kappa shape index (κ3) is 3.05. The molecule has 28 heavy (non-hydrogen) atoms. The van der Waals surface area contributed by atoms with Crippen LogP contribution < -0.4 is 14.2 Å². The van der Waals surface area contributed by atoms with Crippen molar-refractivity contribution in [3.05, 3.63) is 53.2 Å². The molecule has 0 unspecified atom stereocenters. The summed E-state index contributed by atoms with van der Waals surface area (Å²) in [7, 11) is 4.94. The van der Waals surface area contributed by atoms with Gasteiger partial charge in [-0.25, -0.2) is 0 Å². The Kier molecular flexibility index (Phi) is 4.86. The molecule has 0 aliphatic carbocycles.